The largest absolute Gasteiger partial charge is 0.372 e. The third kappa shape index (κ3) is 2.84. The number of rotatable bonds is 6. The number of Topliss-reactive ketones (excluding diaryl/α,β-unsaturated/α-hetero) is 2. The van der Waals surface area contributed by atoms with Crippen LogP contribution in [0.2, 0.25) is 0 Å². The van der Waals surface area contributed by atoms with Crippen LogP contribution in [0, 0.1) is 0 Å². The number of aliphatic hydroxyl groups is 1. The van der Waals surface area contributed by atoms with Crippen molar-refractivity contribution < 1.29 is 19.5 Å². The second-order valence-electron chi connectivity index (χ2n) is 3.88. The van der Waals surface area contributed by atoms with E-state index in [-0.39, 0.29) is 11.1 Å². The molecule has 1 atom stereocenters. The minimum atomic E-state index is -2.44. The van der Waals surface area contributed by atoms with Crippen LogP contribution in [-0.2, 0) is 14.4 Å². The van der Waals surface area contributed by atoms with Crippen molar-refractivity contribution in [1.82, 2.24) is 0 Å². The van der Waals surface area contributed by atoms with Crippen molar-refractivity contribution in [2.24, 2.45) is 4.99 Å². The van der Waals surface area contributed by atoms with Gasteiger partial charge in [-0.25, -0.2) is 4.79 Å². The van der Waals surface area contributed by atoms with E-state index in [0.29, 0.717) is 0 Å². The highest BCUT2D eigenvalue weighted by Gasteiger charge is 2.48. The lowest BCUT2D eigenvalue weighted by atomic mass is 9.81. The van der Waals surface area contributed by atoms with E-state index in [2.05, 4.69) is 18.2 Å². The molecule has 5 nitrogen and oxygen atoms in total. The van der Waals surface area contributed by atoms with Crippen molar-refractivity contribution in [2.45, 2.75) is 32.4 Å². The lowest BCUT2D eigenvalue weighted by Gasteiger charge is -2.28. The smallest absolute Gasteiger partial charge is 0.235 e. The summed E-state index contributed by atoms with van der Waals surface area (Å²) < 4.78 is 0. The van der Waals surface area contributed by atoms with E-state index < -0.39 is 23.2 Å². The lowest BCUT2D eigenvalue weighted by Crippen LogP contribution is -2.54. The Hall–Kier alpha value is -1.84. The maximum Gasteiger partial charge on any atom is 0.235 e. The van der Waals surface area contributed by atoms with Crippen LogP contribution in [0.1, 0.15) is 20.8 Å². The minimum absolute atomic E-state index is 0.00458. The van der Waals surface area contributed by atoms with Crippen molar-refractivity contribution in [3.8, 4) is 0 Å². The number of aliphatic imine (C=N–C) groups is 1. The molecule has 5 heteroatoms. The normalized spacial score (nSPS) is 12.2. The quantitative estimate of drug-likeness (QED) is 0.319. The van der Waals surface area contributed by atoms with Crippen molar-refractivity contribution >= 4 is 17.6 Å². The molecule has 0 aromatic carbocycles. The number of ketones is 2. The monoisotopic (exact) mass is 237 g/mol. The first-order valence-corrected chi connectivity index (χ1v) is 4.89. The van der Waals surface area contributed by atoms with Crippen LogP contribution >= 0.6 is 0 Å². The summed E-state index contributed by atoms with van der Waals surface area (Å²) in [6, 6.07) is -1.24. The zero-order valence-electron chi connectivity index (χ0n) is 10.1. The fourth-order valence-corrected chi connectivity index (χ4v) is 1.31. The van der Waals surface area contributed by atoms with Crippen molar-refractivity contribution in [1.29, 1.82) is 0 Å². The second kappa shape index (κ2) is 5.48. The van der Waals surface area contributed by atoms with Crippen LogP contribution in [0.15, 0.2) is 29.3 Å². The maximum atomic E-state index is 11.8. The van der Waals surface area contributed by atoms with E-state index in [4.69, 9.17) is 0 Å². The van der Waals surface area contributed by atoms with Crippen LogP contribution in [0.4, 0.5) is 0 Å². The molecule has 0 aliphatic carbocycles. The van der Waals surface area contributed by atoms with Gasteiger partial charge in [0, 0.05) is 0 Å². The number of hydrogen-bond donors (Lipinski definition) is 1. The first-order chi connectivity index (χ1) is 7.69. The van der Waals surface area contributed by atoms with Crippen LogP contribution in [-0.4, -0.2) is 34.4 Å². The molecule has 0 rings (SSSR count). The number of carbonyl (C=O) groups excluding carboxylic acids is 3. The van der Waals surface area contributed by atoms with Crippen molar-refractivity contribution in [3.05, 3.63) is 24.3 Å². The van der Waals surface area contributed by atoms with E-state index >= 15 is 0 Å². The highest BCUT2D eigenvalue weighted by molar-refractivity contribution is 6.22. The molecule has 0 heterocycles. The predicted molar refractivity (Wildman–Crippen MR) is 62.2 cm³/mol. The van der Waals surface area contributed by atoms with Gasteiger partial charge in [0.25, 0.3) is 0 Å². The molecule has 0 aromatic rings. The Labute approximate surface area is 99.5 Å². The molecule has 0 bridgehead atoms. The molecule has 0 aliphatic rings. The molecule has 1 N–H and O–H groups in total. The summed E-state index contributed by atoms with van der Waals surface area (Å²) in [5.74, 6) is -1.76. The van der Waals surface area contributed by atoms with E-state index in [9.17, 15) is 19.5 Å². The summed E-state index contributed by atoms with van der Waals surface area (Å²) in [5.41, 5.74) is -2.44. The summed E-state index contributed by atoms with van der Waals surface area (Å²) in [6.45, 7) is 10.7. The van der Waals surface area contributed by atoms with Gasteiger partial charge in [0.15, 0.2) is 11.6 Å². The van der Waals surface area contributed by atoms with E-state index in [1.54, 1.807) is 0 Å². The summed E-state index contributed by atoms with van der Waals surface area (Å²) in [6.07, 6.45) is 1.21. The number of carbonyl (C=O) groups is 2. The maximum absolute atomic E-state index is 11.8. The zero-order valence-corrected chi connectivity index (χ0v) is 10.1. The fourth-order valence-electron chi connectivity index (χ4n) is 1.31. The standard InChI is InChI=1S/C12H15NO4/c1-7(2)10(15)12(17,9(5)13-6-14)11(16)8(3)4/h9,17H,1,3H2,2,4-5H3. The van der Waals surface area contributed by atoms with Crippen LogP contribution < -0.4 is 0 Å². The molecule has 0 aromatic heterocycles. The SMILES string of the molecule is C=C(C)C(=O)C(O)(C(=O)C(=C)C)C(C)N=C=O. The first-order valence-electron chi connectivity index (χ1n) is 4.89. The molecule has 92 valence electrons. The summed E-state index contributed by atoms with van der Waals surface area (Å²) >= 11 is 0. The molecule has 0 aliphatic heterocycles. The van der Waals surface area contributed by atoms with Gasteiger partial charge in [-0.2, -0.15) is 4.99 Å². The molecule has 0 fully saturated rings. The Balaban J connectivity index is 5.75. The van der Waals surface area contributed by atoms with Gasteiger partial charge in [0.1, 0.15) is 6.04 Å². The Morgan fingerprint density at radius 3 is 1.82 bits per heavy atom. The third-order valence-electron chi connectivity index (χ3n) is 2.32. The van der Waals surface area contributed by atoms with Gasteiger partial charge in [-0.05, 0) is 31.9 Å². The molecule has 0 saturated heterocycles. The summed E-state index contributed by atoms with van der Waals surface area (Å²) in [5, 5.41) is 10.2. The van der Waals surface area contributed by atoms with Gasteiger partial charge in [-0.1, -0.05) is 13.2 Å². The highest BCUT2D eigenvalue weighted by atomic mass is 16.3. The number of nitrogens with zero attached hydrogens (tertiary/aromatic N) is 1. The minimum Gasteiger partial charge on any atom is -0.372 e. The van der Waals surface area contributed by atoms with Crippen LogP contribution in [0.5, 0.6) is 0 Å². The van der Waals surface area contributed by atoms with Crippen LogP contribution in [0.3, 0.4) is 0 Å². The van der Waals surface area contributed by atoms with Gasteiger partial charge in [0.05, 0.1) is 0 Å². The van der Waals surface area contributed by atoms with Crippen LogP contribution in [0.25, 0.3) is 0 Å². The molecule has 0 saturated carbocycles. The number of hydrogen-bond acceptors (Lipinski definition) is 5. The fraction of sp³-hybridized carbons (Fsp3) is 0.417. The molecule has 0 amide bonds. The van der Waals surface area contributed by atoms with Gasteiger partial charge in [-0.3, -0.25) is 9.59 Å². The average molecular weight is 237 g/mol. The second-order valence-corrected chi connectivity index (χ2v) is 3.88. The van der Waals surface area contributed by atoms with Gasteiger partial charge in [-0.15, -0.1) is 0 Å². The van der Waals surface area contributed by atoms with Gasteiger partial charge < -0.3 is 5.11 Å². The Morgan fingerprint density at radius 1 is 1.24 bits per heavy atom. The summed E-state index contributed by atoms with van der Waals surface area (Å²) in [7, 11) is 0. The molecule has 1 unspecified atom stereocenters. The summed E-state index contributed by atoms with van der Waals surface area (Å²) in [4.78, 5) is 37.1. The first kappa shape index (κ1) is 15.2. The topological polar surface area (TPSA) is 83.8 Å². The Kier molecular flexibility index (Phi) is 4.88. The highest BCUT2D eigenvalue weighted by Crippen LogP contribution is 2.23. The molecular formula is C12H15NO4. The van der Waals surface area contributed by atoms with E-state index in [1.807, 2.05) is 0 Å². The van der Waals surface area contributed by atoms with Gasteiger partial charge >= 0.3 is 0 Å². The molecule has 0 radical (unpaired) electrons. The van der Waals surface area contributed by atoms with Crippen molar-refractivity contribution in [2.75, 3.05) is 0 Å². The lowest BCUT2D eigenvalue weighted by molar-refractivity contribution is -0.147. The third-order valence-corrected chi connectivity index (χ3v) is 2.32. The van der Waals surface area contributed by atoms with E-state index in [1.165, 1.54) is 26.9 Å². The van der Waals surface area contributed by atoms with Crippen molar-refractivity contribution in [3.63, 3.8) is 0 Å². The molecule has 0 spiro atoms. The number of isocyanates is 1. The average Bonchev–Trinajstić information content (AvgIpc) is 2.25. The molecule has 17 heavy (non-hydrogen) atoms. The predicted octanol–water partition coefficient (Wildman–Crippen LogP) is 0.732. The van der Waals surface area contributed by atoms with E-state index in [0.717, 1.165) is 0 Å². The zero-order chi connectivity index (χ0) is 13.8. The Morgan fingerprint density at radius 2 is 1.59 bits per heavy atom. The molecular weight excluding hydrogens is 222 g/mol. The Bertz CT molecular complexity index is 404. The van der Waals surface area contributed by atoms with Gasteiger partial charge in [0.2, 0.25) is 11.7 Å².